The lowest BCUT2D eigenvalue weighted by Gasteiger charge is -2.24. The Balaban J connectivity index is 2.07. The van der Waals surface area contributed by atoms with Crippen molar-refractivity contribution in [1.29, 1.82) is 0 Å². The molecule has 1 aliphatic rings. The van der Waals surface area contributed by atoms with Gasteiger partial charge in [-0.05, 0) is 44.5 Å². The first-order chi connectivity index (χ1) is 13.2. The van der Waals surface area contributed by atoms with E-state index in [1.807, 2.05) is 6.92 Å². The zero-order valence-electron chi connectivity index (χ0n) is 15.6. The van der Waals surface area contributed by atoms with Crippen LogP contribution in [0.2, 0.25) is 0 Å². The molecule has 0 aliphatic carbocycles. The average Bonchev–Trinajstić information content (AvgIpc) is 2.92. The Hall–Kier alpha value is -3.75. The van der Waals surface area contributed by atoms with E-state index < -0.39 is 22.8 Å². The number of nitrogens with zero attached hydrogens (tertiary/aromatic N) is 3. The predicted molar refractivity (Wildman–Crippen MR) is 101 cm³/mol. The maximum atomic E-state index is 12.5. The standard InChI is InChI=1S/C19H18N4O5/c1-4-21-18(25)16(17(24)20-19(21)26)9-13-8-11(2)22(12(13)3)14-6-5-7-15(10-14)23(27)28/h5-10H,4H2,1-3H3,(H,20,24,26)/b16-9+. The summed E-state index contributed by atoms with van der Waals surface area (Å²) in [6, 6.07) is 7.22. The van der Waals surface area contributed by atoms with Crippen molar-refractivity contribution in [2.75, 3.05) is 6.54 Å². The van der Waals surface area contributed by atoms with Crippen molar-refractivity contribution in [2.45, 2.75) is 20.8 Å². The monoisotopic (exact) mass is 382 g/mol. The van der Waals surface area contributed by atoms with Gasteiger partial charge in [-0.1, -0.05) is 6.07 Å². The lowest BCUT2D eigenvalue weighted by molar-refractivity contribution is -0.384. The van der Waals surface area contributed by atoms with Crippen LogP contribution in [-0.4, -0.2) is 38.8 Å². The van der Waals surface area contributed by atoms with E-state index in [9.17, 15) is 24.5 Å². The lowest BCUT2D eigenvalue weighted by atomic mass is 10.1. The fourth-order valence-corrected chi connectivity index (χ4v) is 3.21. The highest BCUT2D eigenvalue weighted by atomic mass is 16.6. The van der Waals surface area contributed by atoms with E-state index in [2.05, 4.69) is 5.32 Å². The third-order valence-electron chi connectivity index (χ3n) is 4.57. The number of nitro groups is 1. The van der Waals surface area contributed by atoms with Crippen LogP contribution < -0.4 is 5.32 Å². The number of nitrogens with one attached hydrogen (secondary N) is 1. The van der Waals surface area contributed by atoms with E-state index in [0.717, 1.165) is 10.6 Å². The molecule has 1 aromatic carbocycles. The molecular formula is C19H18N4O5. The second-order valence-electron chi connectivity index (χ2n) is 6.31. The van der Waals surface area contributed by atoms with Crippen molar-refractivity contribution < 1.29 is 19.3 Å². The summed E-state index contributed by atoms with van der Waals surface area (Å²) >= 11 is 0. The number of imide groups is 2. The molecule has 1 saturated heterocycles. The Labute approximate surface area is 160 Å². The van der Waals surface area contributed by atoms with E-state index in [4.69, 9.17) is 0 Å². The van der Waals surface area contributed by atoms with E-state index in [-0.39, 0.29) is 17.8 Å². The van der Waals surface area contributed by atoms with Crippen LogP contribution in [0.25, 0.3) is 11.8 Å². The number of urea groups is 1. The molecule has 3 rings (SSSR count). The Bertz CT molecular complexity index is 1050. The van der Waals surface area contributed by atoms with Crippen molar-refractivity contribution >= 4 is 29.6 Å². The van der Waals surface area contributed by atoms with Crippen LogP contribution in [0.15, 0.2) is 35.9 Å². The Morgan fingerprint density at radius 1 is 1.18 bits per heavy atom. The first kappa shape index (κ1) is 19.0. The molecule has 9 nitrogen and oxygen atoms in total. The highest BCUT2D eigenvalue weighted by Gasteiger charge is 2.34. The second kappa shape index (κ2) is 7.10. The number of likely N-dealkylation sites (N-methyl/N-ethyl adjacent to an activating group) is 1. The minimum absolute atomic E-state index is 0.0381. The molecule has 0 saturated carbocycles. The smallest absolute Gasteiger partial charge is 0.318 e. The van der Waals surface area contributed by atoms with Gasteiger partial charge in [0, 0.05) is 30.1 Å². The number of hydrogen-bond donors (Lipinski definition) is 1. The summed E-state index contributed by atoms with van der Waals surface area (Å²) < 4.78 is 1.80. The minimum Gasteiger partial charge on any atom is -0.318 e. The first-order valence-corrected chi connectivity index (χ1v) is 8.57. The topological polar surface area (TPSA) is 115 Å². The van der Waals surface area contributed by atoms with E-state index >= 15 is 0 Å². The number of barbiturate groups is 1. The van der Waals surface area contributed by atoms with Gasteiger partial charge < -0.3 is 4.57 Å². The van der Waals surface area contributed by atoms with Crippen LogP contribution in [0, 0.1) is 24.0 Å². The van der Waals surface area contributed by atoms with Gasteiger partial charge in [0.15, 0.2) is 0 Å². The maximum absolute atomic E-state index is 12.5. The quantitative estimate of drug-likeness (QED) is 0.378. The summed E-state index contributed by atoms with van der Waals surface area (Å²) in [5, 5.41) is 13.2. The summed E-state index contributed by atoms with van der Waals surface area (Å²) in [7, 11) is 0. The fourth-order valence-electron chi connectivity index (χ4n) is 3.21. The van der Waals surface area contributed by atoms with Crippen molar-refractivity contribution in [3.63, 3.8) is 0 Å². The van der Waals surface area contributed by atoms with Crippen LogP contribution in [0.3, 0.4) is 0 Å². The van der Waals surface area contributed by atoms with Gasteiger partial charge in [-0.2, -0.15) is 0 Å². The van der Waals surface area contributed by atoms with Crippen molar-refractivity contribution in [2.24, 2.45) is 0 Å². The number of carbonyl (C=O) groups excluding carboxylic acids is 3. The number of benzene rings is 1. The average molecular weight is 382 g/mol. The van der Waals surface area contributed by atoms with Gasteiger partial charge in [-0.15, -0.1) is 0 Å². The van der Waals surface area contributed by atoms with Gasteiger partial charge in [0.25, 0.3) is 17.5 Å². The van der Waals surface area contributed by atoms with Gasteiger partial charge in [0.2, 0.25) is 0 Å². The highest BCUT2D eigenvalue weighted by Crippen LogP contribution is 2.26. The molecule has 2 aromatic rings. The molecule has 28 heavy (non-hydrogen) atoms. The third kappa shape index (κ3) is 3.18. The fraction of sp³-hybridized carbons (Fsp3) is 0.211. The van der Waals surface area contributed by atoms with Crippen LogP contribution in [-0.2, 0) is 9.59 Å². The molecule has 0 unspecified atom stereocenters. The number of non-ortho nitro benzene ring substituents is 1. The van der Waals surface area contributed by atoms with Crippen LogP contribution in [0.1, 0.15) is 23.9 Å². The molecule has 1 fully saturated rings. The van der Waals surface area contributed by atoms with Crippen molar-refractivity contribution in [3.8, 4) is 5.69 Å². The number of rotatable bonds is 4. The predicted octanol–water partition coefficient (Wildman–Crippen LogP) is 2.48. The van der Waals surface area contributed by atoms with Gasteiger partial charge in [0.05, 0.1) is 10.6 Å². The van der Waals surface area contributed by atoms with Gasteiger partial charge in [-0.25, -0.2) is 4.79 Å². The maximum Gasteiger partial charge on any atom is 0.331 e. The second-order valence-corrected chi connectivity index (χ2v) is 6.31. The molecule has 9 heteroatoms. The van der Waals surface area contributed by atoms with Crippen molar-refractivity contribution in [1.82, 2.24) is 14.8 Å². The summed E-state index contributed by atoms with van der Waals surface area (Å²) in [6.45, 7) is 5.38. The van der Waals surface area contributed by atoms with Crippen molar-refractivity contribution in [3.05, 3.63) is 63.0 Å². The number of aromatic nitrogens is 1. The van der Waals surface area contributed by atoms with Gasteiger partial charge in [-0.3, -0.25) is 29.9 Å². The SMILES string of the molecule is CCN1C(=O)NC(=O)/C(=C\c2cc(C)n(-c3cccc([N+](=O)[O-])c3)c2C)C1=O. The number of nitro benzene ring substituents is 1. The summed E-state index contributed by atoms with van der Waals surface area (Å²) in [5.74, 6) is -1.41. The normalized spacial score (nSPS) is 15.9. The number of amides is 4. The molecule has 1 aliphatic heterocycles. The van der Waals surface area contributed by atoms with E-state index in [1.165, 1.54) is 18.2 Å². The molecule has 1 N–H and O–H groups in total. The lowest BCUT2D eigenvalue weighted by Crippen LogP contribution is -2.53. The largest absolute Gasteiger partial charge is 0.331 e. The third-order valence-corrected chi connectivity index (χ3v) is 4.57. The van der Waals surface area contributed by atoms with E-state index in [1.54, 1.807) is 36.6 Å². The number of carbonyl (C=O) groups is 3. The molecule has 0 bridgehead atoms. The molecule has 2 heterocycles. The van der Waals surface area contributed by atoms with Crippen LogP contribution in [0.5, 0.6) is 0 Å². The van der Waals surface area contributed by atoms with E-state index in [0.29, 0.717) is 16.9 Å². The first-order valence-electron chi connectivity index (χ1n) is 8.57. The Morgan fingerprint density at radius 3 is 2.54 bits per heavy atom. The molecule has 1 aromatic heterocycles. The molecular weight excluding hydrogens is 364 g/mol. The summed E-state index contributed by atoms with van der Waals surface area (Å²) in [4.78, 5) is 47.9. The molecule has 0 atom stereocenters. The number of aryl methyl sites for hydroxylation is 1. The Morgan fingerprint density at radius 2 is 1.89 bits per heavy atom. The molecule has 0 spiro atoms. The van der Waals surface area contributed by atoms with Gasteiger partial charge >= 0.3 is 6.03 Å². The minimum atomic E-state index is -0.750. The summed E-state index contributed by atoms with van der Waals surface area (Å²) in [5.41, 5.74) is 2.50. The summed E-state index contributed by atoms with van der Waals surface area (Å²) in [6.07, 6.45) is 1.43. The molecule has 144 valence electrons. The molecule has 4 amide bonds. The van der Waals surface area contributed by atoms with Crippen LogP contribution in [0.4, 0.5) is 10.5 Å². The number of hydrogen-bond acceptors (Lipinski definition) is 5. The molecule has 0 radical (unpaired) electrons. The highest BCUT2D eigenvalue weighted by molar-refractivity contribution is 6.31. The Kier molecular flexibility index (Phi) is 4.83. The zero-order chi connectivity index (χ0) is 20.6. The van der Waals surface area contributed by atoms with Gasteiger partial charge in [0.1, 0.15) is 5.57 Å². The zero-order valence-corrected chi connectivity index (χ0v) is 15.6. The van der Waals surface area contributed by atoms with Crippen LogP contribution >= 0.6 is 0 Å².